The normalized spacial score (nSPS) is 11.8. The minimum atomic E-state index is -1.43. The molecule has 0 saturated carbocycles. The van der Waals surface area contributed by atoms with Gasteiger partial charge in [0.05, 0.1) is 11.9 Å². The quantitative estimate of drug-likeness (QED) is 0.0394. The summed E-state index contributed by atoms with van der Waals surface area (Å²) in [6.07, 6.45) is 8.46. The summed E-state index contributed by atoms with van der Waals surface area (Å²) in [5.74, 6) is 0.595. The van der Waals surface area contributed by atoms with Gasteiger partial charge in [-0.15, -0.1) is 0 Å². The summed E-state index contributed by atoms with van der Waals surface area (Å²) in [4.78, 5) is 43.4. The van der Waals surface area contributed by atoms with Crippen molar-refractivity contribution in [3.8, 4) is 0 Å². The second kappa shape index (κ2) is 47.7. The van der Waals surface area contributed by atoms with Gasteiger partial charge in [-0.1, -0.05) is 90.1 Å². The first kappa shape index (κ1) is 60.4. The van der Waals surface area contributed by atoms with E-state index in [2.05, 4.69) is 37.1 Å². The molecule has 0 saturated heterocycles. The third kappa shape index (κ3) is 51.1. The molecule has 0 heterocycles. The van der Waals surface area contributed by atoms with Crippen LogP contribution in [-0.2, 0) is 53.7 Å². The van der Waals surface area contributed by atoms with E-state index >= 15 is 0 Å². The van der Waals surface area contributed by atoms with Crippen molar-refractivity contribution in [1.82, 2.24) is 9.44 Å². The van der Waals surface area contributed by atoms with Gasteiger partial charge in [-0.05, 0) is 24.7 Å². The van der Waals surface area contributed by atoms with Gasteiger partial charge in [0.2, 0.25) is 0 Å². The first-order valence-corrected chi connectivity index (χ1v) is 24.4. The van der Waals surface area contributed by atoms with Crippen LogP contribution in [0.25, 0.3) is 0 Å². The summed E-state index contributed by atoms with van der Waals surface area (Å²) in [5, 5.41) is 20.0. The molecule has 16 nitrogen and oxygen atoms in total. The van der Waals surface area contributed by atoms with Gasteiger partial charge in [-0.3, -0.25) is 9.44 Å². The number of carboxylic acids is 2. The van der Waals surface area contributed by atoms with Crippen LogP contribution in [-0.4, -0.2) is 149 Å². The zero-order valence-electron chi connectivity index (χ0n) is 35.9. The van der Waals surface area contributed by atoms with Crippen LogP contribution < -0.4 is 19.7 Å². The van der Waals surface area contributed by atoms with Crippen molar-refractivity contribution in [2.75, 3.05) is 90.7 Å². The van der Waals surface area contributed by atoms with E-state index in [-0.39, 0.29) is 26.3 Å². The van der Waals surface area contributed by atoms with Gasteiger partial charge in [-0.25, -0.2) is 0 Å². The number of hydrogen-bond donors (Lipinski definition) is 2. The predicted octanol–water partition coefficient (Wildman–Crippen LogP) is 2.90. The Morgan fingerprint density at radius 1 is 0.561 bits per heavy atom. The zero-order chi connectivity index (χ0) is 43.4. The molecule has 0 aliphatic heterocycles. The number of rotatable bonds is 38. The van der Waals surface area contributed by atoms with Crippen molar-refractivity contribution < 1.29 is 64.0 Å². The van der Waals surface area contributed by atoms with Crippen molar-refractivity contribution in [2.45, 2.75) is 119 Å². The van der Waals surface area contributed by atoms with Crippen molar-refractivity contribution in [3.05, 3.63) is 0 Å². The molecule has 0 radical (unpaired) electrons. The van der Waals surface area contributed by atoms with E-state index in [4.69, 9.17) is 34.6 Å². The van der Waals surface area contributed by atoms with E-state index in [1.807, 2.05) is 0 Å². The molecule has 0 aromatic rings. The Kier molecular flexibility index (Phi) is 50.6. The molecule has 0 rings (SSSR count). The van der Waals surface area contributed by atoms with E-state index in [1.54, 1.807) is 27.7 Å². The number of hydrogen-bond acceptors (Lipinski definition) is 18. The van der Waals surface area contributed by atoms with Crippen LogP contribution in [0.1, 0.15) is 107 Å². The van der Waals surface area contributed by atoms with Crippen LogP contribution in [0.4, 0.5) is 0 Å². The molecule has 2 N–H and O–H groups in total. The number of carboxylic acid groups (broad SMARTS) is 2. The van der Waals surface area contributed by atoms with Crippen molar-refractivity contribution in [3.63, 3.8) is 0 Å². The Labute approximate surface area is 362 Å². The van der Waals surface area contributed by atoms with Crippen molar-refractivity contribution in [2.24, 2.45) is 11.8 Å². The Bertz CT molecular complexity index is 859. The number of ether oxygens (including phenoxy) is 6. The molecular formula is C38H74N2O14S2Sn. The minimum absolute atomic E-state index is 0.0589. The Morgan fingerprint density at radius 2 is 0.947 bits per heavy atom. The summed E-state index contributed by atoms with van der Waals surface area (Å²) in [7, 11) is 0. The predicted molar refractivity (Wildman–Crippen MR) is 221 cm³/mol. The zero-order valence-corrected chi connectivity index (χ0v) is 40.4. The molecule has 0 amide bonds. The van der Waals surface area contributed by atoms with Crippen molar-refractivity contribution >= 4 is 69.7 Å². The molecule has 2 unspecified atom stereocenters. The number of carbonyl (C=O) groups excluding carboxylic acids is 4. The molecular weight excluding hydrogens is 891 g/mol. The van der Waals surface area contributed by atoms with Crippen LogP contribution in [0.3, 0.4) is 0 Å². The first-order valence-electron chi connectivity index (χ1n) is 20.1. The van der Waals surface area contributed by atoms with E-state index in [0.717, 1.165) is 36.2 Å². The number of aliphatic carboxylic acids is 2. The number of carbonyl (C=O) groups is 4. The van der Waals surface area contributed by atoms with Crippen molar-refractivity contribution in [1.29, 1.82) is 0 Å². The molecule has 0 bridgehead atoms. The molecule has 0 fully saturated rings. The van der Waals surface area contributed by atoms with Crippen LogP contribution in [0.5, 0.6) is 0 Å². The first-order chi connectivity index (χ1) is 27.4. The molecule has 57 heavy (non-hydrogen) atoms. The molecule has 0 aliphatic rings. The van der Waals surface area contributed by atoms with E-state index in [1.165, 1.54) is 62.4 Å². The fourth-order valence-electron chi connectivity index (χ4n) is 4.12. The van der Waals surface area contributed by atoms with Gasteiger partial charge in [-0.2, -0.15) is 0 Å². The summed E-state index contributed by atoms with van der Waals surface area (Å²) < 4.78 is 47.5. The monoisotopic (exact) mass is 966 g/mol. The summed E-state index contributed by atoms with van der Waals surface area (Å²) >= 11 is 1.51. The second-order valence-electron chi connectivity index (χ2n) is 12.9. The number of esters is 2. The van der Waals surface area contributed by atoms with Gasteiger partial charge in [0, 0.05) is 24.6 Å². The Hall–Kier alpha value is -0.941. The molecule has 0 aliphatic carbocycles. The number of unbranched alkanes of at least 4 members (excludes halogenated alkanes) is 4. The average Bonchev–Trinajstić information content (AvgIpc) is 3.15. The third-order valence-corrected chi connectivity index (χ3v) is 10.4. The molecule has 0 spiro atoms. The summed E-state index contributed by atoms with van der Waals surface area (Å²) in [6.45, 7) is 19.0. The summed E-state index contributed by atoms with van der Waals surface area (Å²) in [5.41, 5.74) is 0. The number of nitrogens with one attached hydrogen (secondary N) is 2. The average molecular weight is 966 g/mol. The molecule has 336 valence electrons. The fraction of sp³-hybridized carbons (Fsp3) is 0.895. The Morgan fingerprint density at radius 3 is 1.26 bits per heavy atom. The van der Waals surface area contributed by atoms with E-state index in [9.17, 15) is 29.4 Å². The molecule has 0 aromatic carbocycles. The van der Waals surface area contributed by atoms with Gasteiger partial charge in [0.25, 0.3) is 0 Å². The maximum absolute atomic E-state index is 11.7. The van der Waals surface area contributed by atoms with E-state index in [0.29, 0.717) is 52.9 Å². The topological polar surface area (TPSA) is 212 Å². The summed E-state index contributed by atoms with van der Waals surface area (Å²) in [6, 6.07) is 0. The van der Waals surface area contributed by atoms with Gasteiger partial charge < -0.3 is 19.8 Å². The molecule has 2 atom stereocenters. The fourth-order valence-corrected chi connectivity index (χ4v) is 6.73. The Balaban J connectivity index is -0.000000867. The second-order valence-corrected chi connectivity index (χ2v) is 17.0. The van der Waals surface area contributed by atoms with Crippen LogP contribution in [0, 0.1) is 11.8 Å². The van der Waals surface area contributed by atoms with E-state index < -0.39 is 58.1 Å². The van der Waals surface area contributed by atoms with Crippen LogP contribution >= 0.6 is 23.9 Å². The maximum atomic E-state index is 11.7. The standard InChI is InChI=1S/2C10H21NO2S.2C9H17O5.Sn/c2*1-9(2)6-4-3-5-7-14-11-8-10(12)13;2*1-3-13-8(7-12-6-5-10)9(11)14-4-2;/h2*9,11H,3-8H2,1-2H3,(H,12,13);2*8H,3-7H2,1-2H3;/q;;2*-1;+4/p-2. The van der Waals surface area contributed by atoms with Gasteiger partial charge >= 0.3 is 184 Å². The van der Waals surface area contributed by atoms with Crippen LogP contribution in [0.15, 0.2) is 0 Å². The molecule has 0 aromatic heterocycles. The van der Waals surface area contributed by atoms with Gasteiger partial charge in [0.15, 0.2) is 0 Å². The van der Waals surface area contributed by atoms with Gasteiger partial charge in [0.1, 0.15) is 0 Å². The SMILES string of the molecule is CC(C)CCCCCSNCC(=O)[O-].CC(C)CCCCCSNCC(=O)[O-].CCOC(=O)C(COCC[O][Sn+2][O]CCOCC(OCC)C(=O)OCC)OCC. The van der Waals surface area contributed by atoms with Crippen LogP contribution in [0.2, 0.25) is 0 Å². The molecule has 19 heteroatoms. The third-order valence-electron chi connectivity index (χ3n) is 6.84.